The van der Waals surface area contributed by atoms with Gasteiger partial charge in [-0.1, -0.05) is 25.6 Å². The molecule has 1 amide bonds. The third-order valence-corrected chi connectivity index (χ3v) is 6.69. The Kier molecular flexibility index (Phi) is 8.24. The summed E-state index contributed by atoms with van der Waals surface area (Å²) in [5, 5.41) is 3.59. The van der Waals surface area contributed by atoms with E-state index in [9.17, 15) is 9.59 Å². The minimum atomic E-state index is -0.117. The number of amides is 1. The molecule has 0 unspecified atom stereocenters. The van der Waals surface area contributed by atoms with Crippen LogP contribution in [0.1, 0.15) is 45.4 Å². The molecule has 0 radical (unpaired) electrons. The monoisotopic (exact) mass is 469 g/mol. The first-order valence-corrected chi connectivity index (χ1v) is 12.6. The summed E-state index contributed by atoms with van der Waals surface area (Å²) in [7, 11) is 0. The van der Waals surface area contributed by atoms with Gasteiger partial charge in [0.25, 0.3) is 5.56 Å². The van der Waals surface area contributed by atoms with Crippen molar-refractivity contribution in [3.05, 3.63) is 45.9 Å². The van der Waals surface area contributed by atoms with Crippen molar-refractivity contribution in [3.63, 3.8) is 0 Å². The average molecular weight is 470 g/mol. The first kappa shape index (κ1) is 24.9. The van der Waals surface area contributed by atoms with Gasteiger partial charge in [-0.3, -0.25) is 14.2 Å². The van der Waals surface area contributed by atoms with Crippen molar-refractivity contribution in [3.8, 4) is 0 Å². The highest BCUT2D eigenvalue weighted by molar-refractivity contribution is 7.99. The highest BCUT2D eigenvalue weighted by Crippen LogP contribution is 2.24. The van der Waals surface area contributed by atoms with Gasteiger partial charge in [0.05, 0.1) is 11.3 Å². The molecule has 3 rings (SSSR count). The molecule has 2 aromatic heterocycles. The van der Waals surface area contributed by atoms with E-state index < -0.39 is 0 Å². The highest BCUT2D eigenvalue weighted by atomic mass is 32.2. The third-order valence-electron chi connectivity index (χ3n) is 5.71. The van der Waals surface area contributed by atoms with Crippen molar-refractivity contribution in [1.29, 1.82) is 0 Å². The molecule has 8 heteroatoms. The summed E-state index contributed by atoms with van der Waals surface area (Å²) in [6, 6.07) is 7.96. The molecule has 0 bridgehead atoms. The smallest absolute Gasteiger partial charge is 0.278 e. The van der Waals surface area contributed by atoms with Crippen molar-refractivity contribution in [1.82, 2.24) is 14.5 Å². The SMILES string of the molecule is CCN(CC)c1ccc(NC(=O)CSc2nc3cc(C)[nH]c3c(=O)n2CCC(C)C)c(C)c1. The Morgan fingerprint density at radius 1 is 1.21 bits per heavy atom. The maximum absolute atomic E-state index is 13.1. The number of carbonyl (C=O) groups is 1. The predicted molar refractivity (Wildman–Crippen MR) is 139 cm³/mol. The van der Waals surface area contributed by atoms with Gasteiger partial charge in [0.2, 0.25) is 5.91 Å². The van der Waals surface area contributed by atoms with Crippen LogP contribution in [0.4, 0.5) is 11.4 Å². The van der Waals surface area contributed by atoms with Gasteiger partial charge >= 0.3 is 0 Å². The van der Waals surface area contributed by atoms with Crippen molar-refractivity contribution in [2.75, 3.05) is 29.1 Å². The highest BCUT2D eigenvalue weighted by Gasteiger charge is 2.16. The van der Waals surface area contributed by atoms with Crippen LogP contribution in [0.2, 0.25) is 0 Å². The van der Waals surface area contributed by atoms with Crippen molar-refractivity contribution >= 4 is 40.1 Å². The van der Waals surface area contributed by atoms with Gasteiger partial charge in [-0.15, -0.1) is 0 Å². The first-order chi connectivity index (χ1) is 15.7. The average Bonchev–Trinajstić information content (AvgIpc) is 3.15. The maximum atomic E-state index is 13.1. The van der Waals surface area contributed by atoms with Gasteiger partial charge in [0, 0.05) is 36.7 Å². The minimum absolute atomic E-state index is 0.0838. The molecule has 178 valence electrons. The lowest BCUT2D eigenvalue weighted by molar-refractivity contribution is -0.113. The Balaban J connectivity index is 1.76. The second-order valence-electron chi connectivity index (χ2n) is 8.75. The summed E-state index contributed by atoms with van der Waals surface area (Å²) in [4.78, 5) is 35.9. The number of nitrogens with one attached hydrogen (secondary N) is 2. The number of hydrogen-bond acceptors (Lipinski definition) is 5. The van der Waals surface area contributed by atoms with Crippen molar-refractivity contribution in [2.24, 2.45) is 5.92 Å². The zero-order valence-corrected chi connectivity index (χ0v) is 21.3. The molecule has 7 nitrogen and oxygen atoms in total. The van der Waals surface area contributed by atoms with Crippen LogP contribution in [0, 0.1) is 19.8 Å². The summed E-state index contributed by atoms with van der Waals surface area (Å²) in [5.74, 6) is 0.524. The van der Waals surface area contributed by atoms with Gasteiger partial charge in [0.15, 0.2) is 5.16 Å². The number of anilines is 2. The zero-order chi connectivity index (χ0) is 24.1. The number of nitrogens with zero attached hydrogens (tertiary/aromatic N) is 3. The van der Waals surface area contributed by atoms with Crippen LogP contribution in [0.5, 0.6) is 0 Å². The number of hydrogen-bond donors (Lipinski definition) is 2. The van der Waals surface area contributed by atoms with E-state index in [4.69, 9.17) is 4.98 Å². The number of fused-ring (bicyclic) bond motifs is 1. The second kappa shape index (κ2) is 10.9. The van der Waals surface area contributed by atoms with E-state index in [1.165, 1.54) is 11.8 Å². The molecule has 3 aromatic rings. The Hall–Kier alpha value is -2.74. The Morgan fingerprint density at radius 2 is 1.94 bits per heavy atom. The second-order valence-corrected chi connectivity index (χ2v) is 9.70. The molecule has 0 saturated carbocycles. The fourth-order valence-electron chi connectivity index (χ4n) is 3.80. The Labute approximate surface area is 200 Å². The normalized spacial score (nSPS) is 11.4. The molecule has 2 N–H and O–H groups in total. The molecule has 0 fully saturated rings. The molecule has 0 aliphatic carbocycles. The summed E-state index contributed by atoms with van der Waals surface area (Å²) in [5.41, 5.74) is 4.96. The van der Waals surface area contributed by atoms with Crippen molar-refractivity contribution < 1.29 is 4.79 Å². The van der Waals surface area contributed by atoms with E-state index in [0.717, 1.165) is 42.1 Å². The standard InChI is InChI=1S/C25H35N5O2S/c1-7-29(8-2)19-9-10-20(17(5)13-19)27-22(31)15-33-25-28-21-14-18(6)26-23(21)24(32)30(25)12-11-16(3)4/h9-10,13-14,16,26H,7-8,11-12,15H2,1-6H3,(H,27,31). The van der Waals surface area contributed by atoms with Gasteiger partial charge in [0.1, 0.15) is 5.52 Å². The lowest BCUT2D eigenvalue weighted by Crippen LogP contribution is -2.25. The van der Waals surface area contributed by atoms with Crippen LogP contribution in [0.3, 0.4) is 0 Å². The van der Waals surface area contributed by atoms with Crippen LogP contribution in [-0.2, 0) is 11.3 Å². The summed E-state index contributed by atoms with van der Waals surface area (Å²) in [6.45, 7) is 14.9. The molecule has 0 aliphatic heterocycles. The van der Waals surface area contributed by atoms with E-state index >= 15 is 0 Å². The van der Waals surface area contributed by atoms with E-state index in [1.54, 1.807) is 4.57 Å². The number of aryl methyl sites for hydroxylation is 2. The minimum Gasteiger partial charge on any atom is -0.372 e. The van der Waals surface area contributed by atoms with Gasteiger partial charge in [-0.2, -0.15) is 0 Å². The lowest BCUT2D eigenvalue weighted by atomic mass is 10.1. The quantitative estimate of drug-likeness (QED) is 0.324. The topological polar surface area (TPSA) is 83.0 Å². The largest absolute Gasteiger partial charge is 0.372 e. The molecule has 1 aromatic carbocycles. The fourth-order valence-corrected chi connectivity index (χ4v) is 4.62. The molecular weight excluding hydrogens is 434 g/mol. The maximum Gasteiger partial charge on any atom is 0.278 e. The molecule has 0 spiro atoms. The van der Waals surface area contributed by atoms with Crippen LogP contribution in [0.15, 0.2) is 34.2 Å². The molecular formula is C25H35N5O2S. The molecule has 0 saturated heterocycles. The number of H-pyrrole nitrogens is 1. The number of carbonyl (C=O) groups excluding carboxylic acids is 1. The van der Waals surface area contributed by atoms with Gasteiger partial charge in [-0.05, 0) is 69.9 Å². The predicted octanol–water partition coefficient (Wildman–Crippen LogP) is 4.96. The number of aromatic amines is 1. The summed E-state index contributed by atoms with van der Waals surface area (Å²) >= 11 is 1.30. The van der Waals surface area contributed by atoms with Crippen LogP contribution >= 0.6 is 11.8 Å². The first-order valence-electron chi connectivity index (χ1n) is 11.6. The fraction of sp³-hybridized carbons (Fsp3) is 0.480. The molecule has 0 atom stereocenters. The van der Waals surface area contributed by atoms with Crippen LogP contribution < -0.4 is 15.8 Å². The molecule has 33 heavy (non-hydrogen) atoms. The Morgan fingerprint density at radius 3 is 2.58 bits per heavy atom. The lowest BCUT2D eigenvalue weighted by Gasteiger charge is -2.22. The van der Waals surface area contributed by atoms with Crippen LogP contribution in [0.25, 0.3) is 11.0 Å². The zero-order valence-electron chi connectivity index (χ0n) is 20.5. The number of thioether (sulfide) groups is 1. The van der Waals surface area contributed by atoms with Crippen LogP contribution in [-0.4, -0.2) is 39.3 Å². The van der Waals surface area contributed by atoms with E-state index in [1.807, 2.05) is 32.0 Å². The van der Waals surface area contributed by atoms with Gasteiger partial charge < -0.3 is 15.2 Å². The number of aromatic nitrogens is 3. The van der Waals surface area contributed by atoms with E-state index in [2.05, 4.69) is 49.0 Å². The summed E-state index contributed by atoms with van der Waals surface area (Å²) in [6.07, 6.45) is 0.866. The van der Waals surface area contributed by atoms with Gasteiger partial charge in [-0.25, -0.2) is 4.98 Å². The number of rotatable bonds is 10. The van der Waals surface area contributed by atoms with Crippen molar-refractivity contribution in [2.45, 2.75) is 59.7 Å². The van der Waals surface area contributed by atoms with E-state index in [0.29, 0.717) is 28.7 Å². The third kappa shape index (κ3) is 5.99. The summed E-state index contributed by atoms with van der Waals surface area (Å²) < 4.78 is 1.69. The molecule has 2 heterocycles. The Bertz CT molecular complexity index is 1180. The number of benzene rings is 1. The van der Waals surface area contributed by atoms with E-state index in [-0.39, 0.29) is 17.2 Å². The molecule has 0 aliphatic rings.